The number of benzene rings is 1. The van der Waals surface area contributed by atoms with E-state index in [0.29, 0.717) is 0 Å². The maximum Gasteiger partial charge on any atom is 0.163 e. The maximum atomic E-state index is 5.39. The SMILES string of the molecule is C#CCCN1CCN(c2nc(-c3cccnc3)nc3ccccc23)CC1. The number of terminal acetylenes is 1. The lowest BCUT2D eigenvalue weighted by Crippen LogP contribution is -2.47. The zero-order valence-corrected chi connectivity index (χ0v) is 14.7. The van der Waals surface area contributed by atoms with Crippen LogP contribution in [0.25, 0.3) is 22.3 Å². The highest BCUT2D eigenvalue weighted by molar-refractivity contribution is 5.91. The minimum Gasteiger partial charge on any atom is -0.353 e. The van der Waals surface area contributed by atoms with E-state index in [-0.39, 0.29) is 0 Å². The molecule has 1 aliphatic rings. The fourth-order valence-electron chi connectivity index (χ4n) is 3.33. The van der Waals surface area contributed by atoms with Gasteiger partial charge in [0.1, 0.15) is 5.82 Å². The molecule has 2 aromatic heterocycles. The summed E-state index contributed by atoms with van der Waals surface area (Å²) >= 11 is 0. The molecule has 1 fully saturated rings. The molecule has 1 saturated heterocycles. The van der Waals surface area contributed by atoms with Crippen molar-refractivity contribution in [1.29, 1.82) is 0 Å². The van der Waals surface area contributed by atoms with Crippen LogP contribution in [0.15, 0.2) is 48.8 Å². The van der Waals surface area contributed by atoms with E-state index < -0.39 is 0 Å². The highest BCUT2D eigenvalue weighted by Gasteiger charge is 2.20. The predicted octanol–water partition coefficient (Wildman–Crippen LogP) is 2.84. The molecule has 3 heterocycles. The first-order valence-electron chi connectivity index (χ1n) is 8.93. The number of nitrogens with zero attached hydrogens (tertiary/aromatic N) is 5. The largest absolute Gasteiger partial charge is 0.353 e. The fourth-order valence-corrected chi connectivity index (χ4v) is 3.33. The van der Waals surface area contributed by atoms with Crippen molar-refractivity contribution in [1.82, 2.24) is 19.9 Å². The molecule has 5 heteroatoms. The molecule has 3 aromatic rings. The lowest BCUT2D eigenvalue weighted by atomic mass is 10.2. The molecule has 130 valence electrons. The highest BCUT2D eigenvalue weighted by atomic mass is 15.3. The van der Waals surface area contributed by atoms with Gasteiger partial charge in [-0.05, 0) is 24.3 Å². The summed E-state index contributed by atoms with van der Waals surface area (Å²) < 4.78 is 0. The second-order valence-electron chi connectivity index (χ2n) is 6.41. The molecular formula is C21H21N5. The van der Waals surface area contributed by atoms with Crippen LogP contribution in [0.2, 0.25) is 0 Å². The maximum absolute atomic E-state index is 5.39. The molecule has 1 aliphatic heterocycles. The van der Waals surface area contributed by atoms with Crippen molar-refractivity contribution in [2.75, 3.05) is 37.6 Å². The van der Waals surface area contributed by atoms with E-state index in [1.54, 1.807) is 6.20 Å². The summed E-state index contributed by atoms with van der Waals surface area (Å²) in [6, 6.07) is 12.1. The van der Waals surface area contributed by atoms with Gasteiger partial charge in [0.2, 0.25) is 0 Å². The zero-order valence-electron chi connectivity index (χ0n) is 14.7. The zero-order chi connectivity index (χ0) is 17.8. The number of para-hydroxylation sites is 1. The molecule has 0 unspecified atom stereocenters. The summed E-state index contributed by atoms with van der Waals surface area (Å²) in [4.78, 5) is 18.6. The second-order valence-corrected chi connectivity index (χ2v) is 6.41. The summed E-state index contributed by atoms with van der Waals surface area (Å²) in [5.41, 5.74) is 1.90. The average molecular weight is 343 g/mol. The third-order valence-electron chi connectivity index (χ3n) is 4.75. The van der Waals surface area contributed by atoms with Crippen LogP contribution in [0, 0.1) is 12.3 Å². The van der Waals surface area contributed by atoms with Crippen molar-refractivity contribution in [2.45, 2.75) is 6.42 Å². The number of piperazine rings is 1. The van der Waals surface area contributed by atoms with Crippen LogP contribution in [-0.2, 0) is 0 Å². The summed E-state index contributed by atoms with van der Waals surface area (Å²) in [6.07, 6.45) is 9.77. The number of aromatic nitrogens is 3. The Hall–Kier alpha value is -2.97. The third-order valence-corrected chi connectivity index (χ3v) is 4.75. The van der Waals surface area contributed by atoms with E-state index in [2.05, 4.69) is 26.8 Å². The first-order chi connectivity index (χ1) is 12.8. The van der Waals surface area contributed by atoms with Crippen molar-refractivity contribution in [3.8, 4) is 23.7 Å². The van der Waals surface area contributed by atoms with Gasteiger partial charge in [0, 0.05) is 62.5 Å². The van der Waals surface area contributed by atoms with E-state index in [9.17, 15) is 0 Å². The van der Waals surface area contributed by atoms with Crippen molar-refractivity contribution >= 4 is 16.7 Å². The molecule has 0 bridgehead atoms. The summed E-state index contributed by atoms with van der Waals surface area (Å²) in [5.74, 6) is 4.46. The highest BCUT2D eigenvalue weighted by Crippen LogP contribution is 2.28. The van der Waals surface area contributed by atoms with Gasteiger partial charge in [-0.15, -0.1) is 12.3 Å². The van der Waals surface area contributed by atoms with Gasteiger partial charge < -0.3 is 4.90 Å². The van der Waals surface area contributed by atoms with Crippen molar-refractivity contribution in [3.05, 3.63) is 48.8 Å². The molecule has 0 radical (unpaired) electrons. The summed E-state index contributed by atoms with van der Waals surface area (Å²) in [6.45, 7) is 4.86. The molecule has 1 aromatic carbocycles. The Morgan fingerprint density at radius 1 is 1.00 bits per heavy atom. The van der Waals surface area contributed by atoms with E-state index in [4.69, 9.17) is 16.4 Å². The van der Waals surface area contributed by atoms with Crippen LogP contribution in [0.1, 0.15) is 6.42 Å². The van der Waals surface area contributed by atoms with Gasteiger partial charge in [0.25, 0.3) is 0 Å². The van der Waals surface area contributed by atoms with Gasteiger partial charge in [0.05, 0.1) is 5.52 Å². The van der Waals surface area contributed by atoms with Crippen LogP contribution in [0.5, 0.6) is 0 Å². The van der Waals surface area contributed by atoms with Crippen molar-refractivity contribution in [2.24, 2.45) is 0 Å². The van der Waals surface area contributed by atoms with Gasteiger partial charge in [-0.3, -0.25) is 9.88 Å². The molecule has 0 amide bonds. The van der Waals surface area contributed by atoms with E-state index in [1.165, 1.54) is 0 Å². The van der Waals surface area contributed by atoms with Gasteiger partial charge in [-0.2, -0.15) is 0 Å². The first kappa shape index (κ1) is 16.5. The standard InChI is InChI=1S/C21H21N5/c1-2-3-11-25-12-14-26(15-13-25)21-18-8-4-5-9-19(18)23-20(24-21)17-7-6-10-22-16-17/h1,4-10,16H,3,11-15H2. The van der Waals surface area contributed by atoms with Crippen LogP contribution in [0.3, 0.4) is 0 Å². The Bertz CT molecular complexity index is 924. The van der Waals surface area contributed by atoms with Crippen LogP contribution < -0.4 is 4.90 Å². The number of rotatable bonds is 4. The molecule has 0 saturated carbocycles. The Kier molecular flexibility index (Phi) is 4.76. The molecule has 0 aliphatic carbocycles. The summed E-state index contributed by atoms with van der Waals surface area (Å²) in [5, 5.41) is 1.09. The summed E-state index contributed by atoms with van der Waals surface area (Å²) in [7, 11) is 0. The van der Waals surface area contributed by atoms with Crippen molar-refractivity contribution < 1.29 is 0 Å². The fraction of sp³-hybridized carbons (Fsp3) is 0.286. The molecule has 26 heavy (non-hydrogen) atoms. The minimum absolute atomic E-state index is 0.724. The topological polar surface area (TPSA) is 45.2 Å². The Labute approximate surface area is 153 Å². The molecule has 0 atom stereocenters. The van der Waals surface area contributed by atoms with Gasteiger partial charge in [0.15, 0.2) is 5.82 Å². The third kappa shape index (κ3) is 3.37. The Balaban J connectivity index is 1.67. The number of pyridine rings is 1. The minimum atomic E-state index is 0.724. The first-order valence-corrected chi connectivity index (χ1v) is 8.93. The Morgan fingerprint density at radius 2 is 1.85 bits per heavy atom. The molecule has 0 spiro atoms. The molecule has 0 N–H and O–H groups in total. The van der Waals surface area contributed by atoms with Crippen LogP contribution >= 0.6 is 0 Å². The smallest absolute Gasteiger partial charge is 0.163 e. The van der Waals surface area contributed by atoms with E-state index >= 15 is 0 Å². The van der Waals surface area contributed by atoms with Gasteiger partial charge in [-0.1, -0.05) is 12.1 Å². The molecule has 5 nitrogen and oxygen atoms in total. The van der Waals surface area contributed by atoms with Crippen LogP contribution in [0.4, 0.5) is 5.82 Å². The number of hydrogen-bond acceptors (Lipinski definition) is 5. The monoisotopic (exact) mass is 343 g/mol. The quantitative estimate of drug-likeness (QED) is 0.682. The van der Waals surface area contributed by atoms with E-state index in [0.717, 1.165) is 67.3 Å². The molecular weight excluding hydrogens is 322 g/mol. The van der Waals surface area contributed by atoms with Crippen molar-refractivity contribution in [3.63, 3.8) is 0 Å². The predicted molar refractivity (Wildman–Crippen MR) is 105 cm³/mol. The van der Waals surface area contributed by atoms with Crippen LogP contribution in [-0.4, -0.2) is 52.6 Å². The number of hydrogen-bond donors (Lipinski definition) is 0. The van der Waals surface area contributed by atoms with E-state index in [1.807, 2.05) is 36.5 Å². The normalized spacial score (nSPS) is 15.1. The average Bonchev–Trinajstić information content (AvgIpc) is 2.72. The molecule has 4 rings (SSSR count). The lowest BCUT2D eigenvalue weighted by Gasteiger charge is -2.35. The number of anilines is 1. The second kappa shape index (κ2) is 7.51. The van der Waals surface area contributed by atoms with Gasteiger partial charge in [-0.25, -0.2) is 9.97 Å². The van der Waals surface area contributed by atoms with Gasteiger partial charge >= 0.3 is 0 Å². The lowest BCUT2D eigenvalue weighted by molar-refractivity contribution is 0.263. The Morgan fingerprint density at radius 3 is 2.62 bits per heavy atom. The number of fused-ring (bicyclic) bond motifs is 1.